The van der Waals surface area contributed by atoms with Gasteiger partial charge in [-0.1, -0.05) is 26.3 Å². The van der Waals surface area contributed by atoms with E-state index in [0.29, 0.717) is 11.8 Å². The molecule has 1 aromatic carbocycles. The molecule has 1 fully saturated rings. The van der Waals surface area contributed by atoms with Crippen LogP contribution < -0.4 is 0 Å². The lowest BCUT2D eigenvalue weighted by Crippen LogP contribution is -2.37. The van der Waals surface area contributed by atoms with Crippen LogP contribution in [0.1, 0.15) is 50.7 Å². The van der Waals surface area contributed by atoms with Crippen molar-refractivity contribution in [1.29, 1.82) is 0 Å². The average molecular weight is 262 g/mol. The van der Waals surface area contributed by atoms with Gasteiger partial charge in [-0.25, -0.2) is 4.39 Å². The number of hydrogen-bond donors (Lipinski definition) is 1. The fourth-order valence-electron chi connectivity index (χ4n) is 4.06. The Labute approximate surface area is 114 Å². The summed E-state index contributed by atoms with van der Waals surface area (Å²) in [6.07, 6.45) is 4.96. The Morgan fingerprint density at radius 2 is 2.00 bits per heavy atom. The van der Waals surface area contributed by atoms with Crippen LogP contribution in [0.2, 0.25) is 0 Å². The predicted octanol–water partition coefficient (Wildman–Crippen LogP) is 4.03. The summed E-state index contributed by atoms with van der Waals surface area (Å²) in [5.74, 6) is 1.58. The molecule has 1 saturated carbocycles. The quantitative estimate of drug-likeness (QED) is 0.810. The molecule has 0 radical (unpaired) electrons. The van der Waals surface area contributed by atoms with E-state index in [0.717, 1.165) is 42.7 Å². The molecule has 1 aromatic rings. The summed E-state index contributed by atoms with van der Waals surface area (Å²) < 4.78 is 13.3. The van der Waals surface area contributed by atoms with E-state index in [2.05, 4.69) is 13.8 Å². The summed E-state index contributed by atoms with van der Waals surface area (Å²) in [4.78, 5) is 0. The van der Waals surface area contributed by atoms with Gasteiger partial charge in [0.1, 0.15) is 5.82 Å². The Kier molecular flexibility index (Phi) is 3.17. The van der Waals surface area contributed by atoms with E-state index in [-0.39, 0.29) is 5.82 Å². The van der Waals surface area contributed by atoms with Crippen molar-refractivity contribution in [3.63, 3.8) is 0 Å². The van der Waals surface area contributed by atoms with Gasteiger partial charge in [-0.05, 0) is 66.7 Å². The number of fused-ring (bicyclic) bond motifs is 1. The van der Waals surface area contributed by atoms with E-state index < -0.39 is 5.60 Å². The molecule has 4 unspecified atom stereocenters. The molecular formula is C17H23FO. The third-order valence-electron chi connectivity index (χ3n) is 5.58. The average Bonchev–Trinajstić information content (AvgIpc) is 2.71. The van der Waals surface area contributed by atoms with Gasteiger partial charge in [-0.3, -0.25) is 0 Å². The van der Waals surface area contributed by atoms with Gasteiger partial charge in [0.05, 0.1) is 5.60 Å². The van der Waals surface area contributed by atoms with Gasteiger partial charge in [0.2, 0.25) is 0 Å². The molecule has 19 heavy (non-hydrogen) atoms. The predicted molar refractivity (Wildman–Crippen MR) is 74.3 cm³/mol. The second kappa shape index (κ2) is 4.59. The Morgan fingerprint density at radius 3 is 2.74 bits per heavy atom. The SMILES string of the molecule is CC1CCC(C2(O)CCc3cc(F)ccc32)CC1C. The number of hydrogen-bond acceptors (Lipinski definition) is 1. The molecule has 4 atom stereocenters. The van der Waals surface area contributed by atoms with Crippen LogP contribution in [0.4, 0.5) is 4.39 Å². The summed E-state index contributed by atoms with van der Waals surface area (Å²) in [6, 6.07) is 4.90. The zero-order chi connectivity index (χ0) is 13.6. The fraction of sp³-hybridized carbons (Fsp3) is 0.647. The second-order valence-electron chi connectivity index (χ2n) is 6.69. The smallest absolute Gasteiger partial charge is 0.123 e. The van der Waals surface area contributed by atoms with Crippen molar-refractivity contribution in [2.45, 2.75) is 51.6 Å². The minimum Gasteiger partial charge on any atom is -0.385 e. The molecule has 0 saturated heterocycles. The highest BCUT2D eigenvalue weighted by Crippen LogP contribution is 2.49. The van der Waals surface area contributed by atoms with Crippen LogP contribution in [0.25, 0.3) is 0 Å². The summed E-state index contributed by atoms with van der Waals surface area (Å²) in [5, 5.41) is 11.1. The number of rotatable bonds is 1. The van der Waals surface area contributed by atoms with Gasteiger partial charge >= 0.3 is 0 Å². The highest BCUT2D eigenvalue weighted by Gasteiger charge is 2.45. The molecule has 2 heteroatoms. The van der Waals surface area contributed by atoms with Crippen molar-refractivity contribution in [3.8, 4) is 0 Å². The molecule has 104 valence electrons. The number of aryl methyl sites for hydroxylation is 1. The van der Waals surface area contributed by atoms with Crippen molar-refractivity contribution in [2.75, 3.05) is 0 Å². The molecular weight excluding hydrogens is 239 g/mol. The maximum Gasteiger partial charge on any atom is 0.123 e. The largest absolute Gasteiger partial charge is 0.385 e. The Bertz CT molecular complexity index is 484. The molecule has 0 amide bonds. The van der Waals surface area contributed by atoms with Crippen molar-refractivity contribution >= 4 is 0 Å². The van der Waals surface area contributed by atoms with E-state index in [4.69, 9.17) is 0 Å². The lowest BCUT2D eigenvalue weighted by atomic mass is 9.68. The van der Waals surface area contributed by atoms with Crippen LogP contribution in [0.5, 0.6) is 0 Å². The summed E-state index contributed by atoms with van der Waals surface area (Å²) in [6.45, 7) is 4.60. The van der Waals surface area contributed by atoms with E-state index in [1.165, 1.54) is 12.5 Å². The highest BCUT2D eigenvalue weighted by atomic mass is 19.1. The third kappa shape index (κ3) is 2.10. The van der Waals surface area contributed by atoms with Crippen LogP contribution in [-0.4, -0.2) is 5.11 Å². The Morgan fingerprint density at radius 1 is 1.21 bits per heavy atom. The van der Waals surface area contributed by atoms with E-state index in [1.807, 2.05) is 0 Å². The first-order valence-electron chi connectivity index (χ1n) is 7.52. The lowest BCUT2D eigenvalue weighted by molar-refractivity contribution is -0.0511. The fourth-order valence-corrected chi connectivity index (χ4v) is 4.06. The van der Waals surface area contributed by atoms with Crippen LogP contribution in [0, 0.1) is 23.6 Å². The molecule has 2 aliphatic carbocycles. The Balaban J connectivity index is 1.90. The topological polar surface area (TPSA) is 20.2 Å². The standard InChI is InChI=1S/C17H23FO/c1-11-3-4-14(9-12(11)2)17(19)8-7-13-10-15(18)5-6-16(13)17/h5-6,10-12,14,19H,3-4,7-9H2,1-2H3. The molecule has 3 rings (SSSR count). The van der Waals surface area contributed by atoms with E-state index >= 15 is 0 Å². The van der Waals surface area contributed by atoms with E-state index in [9.17, 15) is 9.50 Å². The first kappa shape index (κ1) is 13.1. The van der Waals surface area contributed by atoms with Gasteiger partial charge in [0.25, 0.3) is 0 Å². The summed E-state index contributed by atoms with van der Waals surface area (Å²) in [7, 11) is 0. The van der Waals surface area contributed by atoms with Crippen molar-refractivity contribution < 1.29 is 9.50 Å². The van der Waals surface area contributed by atoms with Gasteiger partial charge in [0, 0.05) is 0 Å². The van der Waals surface area contributed by atoms with Gasteiger partial charge in [-0.2, -0.15) is 0 Å². The van der Waals surface area contributed by atoms with Gasteiger partial charge in [-0.15, -0.1) is 0 Å². The molecule has 0 bridgehead atoms. The highest BCUT2D eigenvalue weighted by molar-refractivity contribution is 5.38. The number of benzene rings is 1. The zero-order valence-electron chi connectivity index (χ0n) is 11.8. The minimum atomic E-state index is -0.711. The number of halogens is 1. The monoisotopic (exact) mass is 262 g/mol. The summed E-state index contributed by atoms with van der Waals surface area (Å²) in [5.41, 5.74) is 1.28. The van der Waals surface area contributed by atoms with Crippen molar-refractivity contribution in [1.82, 2.24) is 0 Å². The van der Waals surface area contributed by atoms with Crippen LogP contribution in [-0.2, 0) is 12.0 Å². The van der Waals surface area contributed by atoms with Crippen LogP contribution in [0.3, 0.4) is 0 Å². The van der Waals surface area contributed by atoms with Crippen LogP contribution in [0.15, 0.2) is 18.2 Å². The van der Waals surface area contributed by atoms with Gasteiger partial charge < -0.3 is 5.11 Å². The lowest BCUT2D eigenvalue weighted by Gasteiger charge is -2.41. The Hall–Kier alpha value is -0.890. The third-order valence-corrected chi connectivity index (χ3v) is 5.58. The molecule has 0 aromatic heterocycles. The zero-order valence-corrected chi connectivity index (χ0v) is 11.8. The molecule has 2 aliphatic rings. The first-order chi connectivity index (χ1) is 9.00. The maximum atomic E-state index is 13.3. The molecule has 0 spiro atoms. The molecule has 0 aliphatic heterocycles. The van der Waals surface area contributed by atoms with Crippen molar-refractivity contribution in [3.05, 3.63) is 35.1 Å². The van der Waals surface area contributed by atoms with Crippen molar-refractivity contribution in [2.24, 2.45) is 17.8 Å². The minimum absolute atomic E-state index is 0.186. The summed E-state index contributed by atoms with van der Waals surface area (Å²) >= 11 is 0. The molecule has 1 nitrogen and oxygen atoms in total. The van der Waals surface area contributed by atoms with Gasteiger partial charge in [0.15, 0.2) is 0 Å². The van der Waals surface area contributed by atoms with Crippen LogP contribution >= 0.6 is 0 Å². The first-order valence-corrected chi connectivity index (χ1v) is 7.52. The molecule has 0 heterocycles. The molecule has 1 N–H and O–H groups in total. The maximum absolute atomic E-state index is 13.3. The second-order valence-corrected chi connectivity index (χ2v) is 6.69. The number of aliphatic hydroxyl groups is 1. The van der Waals surface area contributed by atoms with E-state index in [1.54, 1.807) is 12.1 Å². The normalized spacial score (nSPS) is 38.2.